The molecular weight excluding hydrogens is 630 g/mol. The van der Waals surface area contributed by atoms with E-state index in [-0.39, 0.29) is 5.78 Å². The van der Waals surface area contributed by atoms with Crippen LogP contribution in [0.25, 0.3) is 0 Å². The number of hydrogen-bond donors (Lipinski definition) is 0. The third kappa shape index (κ3) is 7.49. The molecule has 7 nitrogen and oxygen atoms in total. The van der Waals surface area contributed by atoms with Crippen LogP contribution < -0.4 is 22.6 Å². The summed E-state index contributed by atoms with van der Waals surface area (Å²) in [4.78, 5) is 14.4. The number of carbonyl (C=O) groups excluding carboxylic acids is 1. The Balaban J connectivity index is 1.19. The van der Waals surface area contributed by atoms with Crippen LogP contribution in [0.15, 0.2) is 151 Å². The van der Waals surface area contributed by atoms with E-state index in [0.29, 0.717) is 46.3 Å². The summed E-state index contributed by atoms with van der Waals surface area (Å²) in [6.45, 7) is 0. The quantitative estimate of drug-likeness (QED) is 0.121. The van der Waals surface area contributed by atoms with Gasteiger partial charge in [-0.2, -0.15) is 0 Å². The summed E-state index contributed by atoms with van der Waals surface area (Å²) in [5, 5.41) is 0. The minimum atomic E-state index is -1.98. The second-order valence-corrected chi connectivity index (χ2v) is 12.6. The Morgan fingerprint density at radius 2 is 0.957 bits per heavy atom. The summed E-state index contributed by atoms with van der Waals surface area (Å²) >= 11 is 0. The Labute approximate surface area is 276 Å². The van der Waals surface area contributed by atoms with Gasteiger partial charge in [-0.1, -0.05) is 91.0 Å². The molecule has 0 aromatic heterocycles. The highest BCUT2D eigenvalue weighted by atomic mass is 31.2. The van der Waals surface area contributed by atoms with E-state index in [1.54, 1.807) is 12.1 Å². The molecule has 47 heavy (non-hydrogen) atoms. The lowest BCUT2D eigenvalue weighted by Gasteiger charge is -2.25. The number of carbonyl (C=O) groups is 1. The number of hydrogen-bond acceptors (Lipinski definition) is 7. The van der Waals surface area contributed by atoms with Gasteiger partial charge >= 0.3 is 17.2 Å². The van der Waals surface area contributed by atoms with Crippen LogP contribution in [0.2, 0.25) is 0 Å². The number of ketones is 1. The lowest BCUT2D eigenvalue weighted by Crippen LogP contribution is -2.18. The van der Waals surface area contributed by atoms with Crippen molar-refractivity contribution in [3.05, 3.63) is 174 Å². The lowest BCUT2D eigenvalue weighted by atomic mass is 9.84. The first-order chi connectivity index (χ1) is 23.2. The van der Waals surface area contributed by atoms with Crippen LogP contribution in [-0.2, 0) is 10.9 Å². The molecule has 2 aliphatic carbocycles. The van der Waals surface area contributed by atoms with Gasteiger partial charge in [0.15, 0.2) is 0 Å². The molecule has 0 bridgehead atoms. The standard InChI is InChI=1S/C38H30O7P2/c39-38-36-28(15-13-25-34(36)44-46(40-30-17-5-1-6-18-30)41-31-19-7-2-8-20-31)27-29-16-14-26-35(37(29)38)45-47(42-32-21-9-3-10-22-32)43-33-23-11-4-12-24-33/h1-11,13-23,25-26H,12,24,27H2. The lowest BCUT2D eigenvalue weighted by molar-refractivity contribution is 0.103. The Hall–Kier alpha value is -5.09. The van der Waals surface area contributed by atoms with Gasteiger partial charge in [-0.05, 0) is 78.6 Å². The van der Waals surface area contributed by atoms with E-state index < -0.39 is 17.2 Å². The van der Waals surface area contributed by atoms with Gasteiger partial charge in [0.25, 0.3) is 0 Å². The smallest absolute Gasteiger partial charge is 0.413 e. The van der Waals surface area contributed by atoms with Crippen molar-refractivity contribution in [2.75, 3.05) is 0 Å². The molecule has 5 aromatic rings. The maximum absolute atomic E-state index is 14.4. The van der Waals surface area contributed by atoms with E-state index in [1.807, 2.05) is 127 Å². The largest absolute Gasteiger partial charge is 0.530 e. The second-order valence-electron chi connectivity index (χ2n) is 10.6. The van der Waals surface area contributed by atoms with Gasteiger partial charge in [0.1, 0.15) is 34.5 Å². The highest BCUT2D eigenvalue weighted by Gasteiger charge is 2.33. The number of allylic oxidation sites excluding steroid dienone is 4. The van der Waals surface area contributed by atoms with Crippen molar-refractivity contribution in [2.24, 2.45) is 0 Å². The zero-order valence-corrected chi connectivity index (χ0v) is 27.0. The maximum atomic E-state index is 14.4. The number of fused-ring (bicyclic) bond motifs is 2. The zero-order chi connectivity index (χ0) is 31.8. The molecule has 0 heterocycles. The molecule has 0 radical (unpaired) electrons. The van der Waals surface area contributed by atoms with Gasteiger partial charge in [-0.15, -0.1) is 0 Å². The zero-order valence-electron chi connectivity index (χ0n) is 25.2. The fourth-order valence-corrected chi connectivity index (χ4v) is 7.25. The first-order valence-corrected chi connectivity index (χ1v) is 17.4. The molecule has 9 heteroatoms. The summed E-state index contributed by atoms with van der Waals surface area (Å²) in [5.74, 6) is 3.06. The second kappa shape index (κ2) is 14.6. The summed E-state index contributed by atoms with van der Waals surface area (Å²) in [6, 6.07) is 39.2. The van der Waals surface area contributed by atoms with Crippen LogP contribution in [-0.4, -0.2) is 5.78 Å². The van der Waals surface area contributed by atoms with Crippen molar-refractivity contribution in [3.63, 3.8) is 0 Å². The van der Waals surface area contributed by atoms with E-state index in [2.05, 4.69) is 6.08 Å². The molecule has 0 N–H and O–H groups in total. The van der Waals surface area contributed by atoms with E-state index >= 15 is 0 Å². The van der Waals surface area contributed by atoms with Crippen molar-refractivity contribution in [1.82, 2.24) is 0 Å². The normalized spacial score (nSPS) is 13.9. The monoisotopic (exact) mass is 660 g/mol. The van der Waals surface area contributed by atoms with Gasteiger partial charge in [-0.3, -0.25) is 4.79 Å². The molecule has 1 unspecified atom stereocenters. The molecule has 0 fully saturated rings. The maximum Gasteiger partial charge on any atom is 0.530 e. The number of benzene rings is 5. The first kappa shape index (κ1) is 30.6. The predicted molar refractivity (Wildman–Crippen MR) is 183 cm³/mol. The van der Waals surface area contributed by atoms with Gasteiger partial charge in [0, 0.05) is 6.42 Å². The molecule has 234 valence electrons. The summed E-state index contributed by atoms with van der Waals surface area (Å²) in [6.07, 6.45) is 8.06. The summed E-state index contributed by atoms with van der Waals surface area (Å²) in [7, 11) is -3.92. The minimum absolute atomic E-state index is 0.226. The fourth-order valence-electron chi connectivity index (χ4n) is 5.17. The van der Waals surface area contributed by atoms with Crippen molar-refractivity contribution in [1.29, 1.82) is 0 Å². The third-order valence-corrected chi connectivity index (χ3v) is 9.50. The van der Waals surface area contributed by atoms with Crippen LogP contribution >= 0.6 is 17.2 Å². The molecule has 0 saturated carbocycles. The summed E-state index contributed by atoms with van der Waals surface area (Å²) < 4.78 is 37.6. The molecule has 0 saturated heterocycles. The Morgan fingerprint density at radius 3 is 1.40 bits per heavy atom. The van der Waals surface area contributed by atoms with Crippen LogP contribution in [0.5, 0.6) is 28.7 Å². The van der Waals surface area contributed by atoms with Crippen molar-refractivity contribution >= 4 is 23.0 Å². The average Bonchev–Trinajstić information content (AvgIpc) is 3.10. The number of para-hydroxylation sites is 3. The van der Waals surface area contributed by atoms with Crippen LogP contribution in [0.3, 0.4) is 0 Å². The molecule has 2 aliphatic rings. The first-order valence-electron chi connectivity index (χ1n) is 15.2. The molecule has 0 aliphatic heterocycles. The van der Waals surface area contributed by atoms with Crippen molar-refractivity contribution in [2.45, 2.75) is 19.3 Å². The van der Waals surface area contributed by atoms with Crippen molar-refractivity contribution in [3.8, 4) is 28.7 Å². The Morgan fingerprint density at radius 1 is 0.489 bits per heavy atom. The molecule has 7 rings (SSSR count). The van der Waals surface area contributed by atoms with Gasteiger partial charge in [-0.25, -0.2) is 0 Å². The average molecular weight is 661 g/mol. The number of rotatable bonds is 12. The van der Waals surface area contributed by atoms with Gasteiger partial charge < -0.3 is 27.1 Å². The Kier molecular flexibility index (Phi) is 9.46. The van der Waals surface area contributed by atoms with Crippen LogP contribution in [0.1, 0.15) is 39.9 Å². The predicted octanol–water partition coefficient (Wildman–Crippen LogP) is 10.5. The molecular formula is C38H30O7P2. The fraction of sp³-hybridized carbons (Fsp3) is 0.0789. The highest BCUT2D eigenvalue weighted by Crippen LogP contribution is 2.49. The molecule has 0 spiro atoms. The van der Waals surface area contributed by atoms with Gasteiger partial charge in [0.05, 0.1) is 11.1 Å². The van der Waals surface area contributed by atoms with Gasteiger partial charge in [0.2, 0.25) is 5.78 Å². The summed E-state index contributed by atoms with van der Waals surface area (Å²) in [5.41, 5.74) is 2.56. The van der Waals surface area contributed by atoms with Crippen LogP contribution in [0.4, 0.5) is 0 Å². The van der Waals surface area contributed by atoms with E-state index in [9.17, 15) is 4.79 Å². The molecule has 0 amide bonds. The SMILES string of the molecule is O=C1c2c(cccc2OP(OC2=CC=CCC2)Oc2ccccc2)Cc2cccc(OP(Oc3ccccc3)Oc3ccccc3)c21. The van der Waals surface area contributed by atoms with Crippen LogP contribution in [0, 0.1) is 0 Å². The van der Waals surface area contributed by atoms with E-state index in [4.69, 9.17) is 27.1 Å². The van der Waals surface area contributed by atoms with Crippen molar-refractivity contribution < 1.29 is 31.9 Å². The molecule has 1 atom stereocenters. The third-order valence-electron chi connectivity index (χ3n) is 7.34. The Bertz CT molecular complexity index is 1850. The van der Waals surface area contributed by atoms with E-state index in [0.717, 1.165) is 29.7 Å². The topological polar surface area (TPSA) is 72.5 Å². The minimum Gasteiger partial charge on any atom is -0.413 e. The molecule has 5 aromatic carbocycles. The van der Waals surface area contributed by atoms with E-state index in [1.165, 1.54) is 0 Å². The highest BCUT2D eigenvalue weighted by molar-refractivity contribution is 7.43.